The van der Waals surface area contributed by atoms with Gasteiger partial charge in [-0.25, -0.2) is 9.69 Å². The molecule has 1 saturated heterocycles. The van der Waals surface area contributed by atoms with Crippen LogP contribution in [-0.2, 0) is 16.0 Å². The smallest absolute Gasteiger partial charge is 0.417 e. The quantitative estimate of drug-likeness (QED) is 0.763. The van der Waals surface area contributed by atoms with Gasteiger partial charge in [0.1, 0.15) is 6.61 Å². The van der Waals surface area contributed by atoms with Gasteiger partial charge in [-0.05, 0) is 44.6 Å². The first-order valence-corrected chi connectivity index (χ1v) is 9.07. The molecule has 1 fully saturated rings. The molecule has 4 heteroatoms. The van der Waals surface area contributed by atoms with Gasteiger partial charge in [-0.15, -0.1) is 0 Å². The standard InChI is InChI=1S/C21H25NO3/c1-16(13-17-9-5-2-3-6-10-17)20(23)22-19(15-25-21(22)24)14-18-11-7-4-8-12-18/h4,7-9,11-13,19H,2-3,5-6,10,14-15H2,1H3/b16-13+/t19-/m0/s1. The zero-order valence-corrected chi connectivity index (χ0v) is 14.7. The van der Waals surface area contributed by atoms with Crippen LogP contribution in [0.2, 0.25) is 0 Å². The van der Waals surface area contributed by atoms with Gasteiger partial charge in [0.25, 0.3) is 5.91 Å². The summed E-state index contributed by atoms with van der Waals surface area (Å²) in [6, 6.07) is 9.64. The van der Waals surface area contributed by atoms with Crippen LogP contribution in [0.25, 0.3) is 0 Å². The highest BCUT2D eigenvalue weighted by Crippen LogP contribution is 2.23. The predicted octanol–water partition coefficient (Wildman–Crippen LogP) is 4.41. The summed E-state index contributed by atoms with van der Waals surface area (Å²) in [5.41, 5.74) is 2.90. The minimum Gasteiger partial charge on any atom is -0.447 e. The molecule has 0 spiro atoms. The maximum Gasteiger partial charge on any atom is 0.417 e. The number of imide groups is 1. The molecule has 0 N–H and O–H groups in total. The Labute approximate surface area is 149 Å². The Balaban J connectivity index is 1.73. The highest BCUT2D eigenvalue weighted by Gasteiger charge is 2.38. The van der Waals surface area contributed by atoms with Crippen LogP contribution in [0.3, 0.4) is 0 Å². The molecule has 1 aromatic carbocycles. The second-order valence-corrected chi connectivity index (χ2v) is 6.80. The predicted molar refractivity (Wildman–Crippen MR) is 97.1 cm³/mol. The number of hydrogen-bond donors (Lipinski definition) is 0. The van der Waals surface area contributed by atoms with Gasteiger partial charge in [-0.2, -0.15) is 0 Å². The summed E-state index contributed by atoms with van der Waals surface area (Å²) in [5.74, 6) is -0.242. The van der Waals surface area contributed by atoms with Crippen molar-refractivity contribution < 1.29 is 14.3 Å². The maximum atomic E-state index is 12.8. The monoisotopic (exact) mass is 339 g/mol. The Morgan fingerprint density at radius 3 is 2.84 bits per heavy atom. The van der Waals surface area contributed by atoms with E-state index < -0.39 is 6.09 Å². The largest absolute Gasteiger partial charge is 0.447 e. The van der Waals surface area contributed by atoms with E-state index in [0.29, 0.717) is 12.0 Å². The zero-order chi connectivity index (χ0) is 17.6. The number of allylic oxidation sites excluding steroid dienone is 3. The Morgan fingerprint density at radius 1 is 1.24 bits per heavy atom. The van der Waals surface area contributed by atoms with E-state index >= 15 is 0 Å². The van der Waals surface area contributed by atoms with Crippen molar-refractivity contribution in [3.05, 3.63) is 59.2 Å². The molecule has 2 amide bonds. The lowest BCUT2D eigenvalue weighted by molar-refractivity contribution is -0.125. The zero-order valence-electron chi connectivity index (χ0n) is 14.7. The first-order valence-electron chi connectivity index (χ1n) is 9.07. The van der Waals surface area contributed by atoms with Crippen molar-refractivity contribution in [3.63, 3.8) is 0 Å². The van der Waals surface area contributed by atoms with E-state index in [4.69, 9.17) is 4.74 Å². The molecular formula is C21H25NO3. The molecule has 1 aliphatic carbocycles. The summed E-state index contributed by atoms with van der Waals surface area (Å²) in [5, 5.41) is 0. The normalized spacial score (nSPS) is 21.6. The van der Waals surface area contributed by atoms with Crippen LogP contribution in [-0.4, -0.2) is 29.5 Å². The first-order chi connectivity index (χ1) is 12.1. The second kappa shape index (κ2) is 8.15. The number of carbonyl (C=O) groups excluding carboxylic acids is 2. The van der Waals surface area contributed by atoms with Crippen molar-refractivity contribution in [2.75, 3.05) is 6.61 Å². The molecule has 1 atom stereocenters. The summed E-state index contributed by atoms with van der Waals surface area (Å²) in [6.07, 6.45) is 9.92. The third kappa shape index (κ3) is 4.38. The van der Waals surface area contributed by atoms with E-state index in [0.717, 1.165) is 24.8 Å². The van der Waals surface area contributed by atoms with E-state index in [9.17, 15) is 9.59 Å². The fraction of sp³-hybridized carbons (Fsp3) is 0.429. The van der Waals surface area contributed by atoms with Gasteiger partial charge in [0.15, 0.2) is 0 Å². The van der Waals surface area contributed by atoms with Gasteiger partial charge < -0.3 is 4.74 Å². The number of benzene rings is 1. The lowest BCUT2D eigenvalue weighted by Crippen LogP contribution is -2.40. The number of amides is 2. The van der Waals surface area contributed by atoms with Crippen molar-refractivity contribution >= 4 is 12.0 Å². The second-order valence-electron chi connectivity index (χ2n) is 6.80. The van der Waals surface area contributed by atoms with Crippen LogP contribution in [0, 0.1) is 0 Å². The average molecular weight is 339 g/mol. The molecule has 2 aliphatic rings. The van der Waals surface area contributed by atoms with Crippen molar-refractivity contribution in [2.24, 2.45) is 0 Å². The summed E-state index contributed by atoms with van der Waals surface area (Å²) >= 11 is 0. The molecule has 0 radical (unpaired) electrons. The van der Waals surface area contributed by atoms with Crippen molar-refractivity contribution in [3.8, 4) is 0 Å². The number of carbonyl (C=O) groups is 2. The number of hydrogen-bond acceptors (Lipinski definition) is 3. The molecular weight excluding hydrogens is 314 g/mol. The Kier molecular flexibility index (Phi) is 5.69. The Morgan fingerprint density at radius 2 is 2.04 bits per heavy atom. The number of cyclic esters (lactones) is 1. The molecule has 4 nitrogen and oxygen atoms in total. The van der Waals surface area contributed by atoms with Crippen LogP contribution in [0.1, 0.15) is 44.6 Å². The van der Waals surface area contributed by atoms with Crippen LogP contribution < -0.4 is 0 Å². The first kappa shape index (κ1) is 17.5. The van der Waals surface area contributed by atoms with Gasteiger partial charge in [-0.1, -0.05) is 54.5 Å². The van der Waals surface area contributed by atoms with E-state index in [-0.39, 0.29) is 18.6 Å². The molecule has 1 heterocycles. The number of rotatable bonds is 4. The molecule has 1 aliphatic heterocycles. The third-order valence-corrected chi connectivity index (χ3v) is 4.81. The maximum absolute atomic E-state index is 12.8. The summed E-state index contributed by atoms with van der Waals surface area (Å²) < 4.78 is 5.16. The molecule has 0 saturated carbocycles. The molecule has 1 aromatic rings. The Bertz CT molecular complexity index is 690. The molecule has 25 heavy (non-hydrogen) atoms. The topological polar surface area (TPSA) is 46.6 Å². The van der Waals surface area contributed by atoms with Crippen molar-refractivity contribution in [2.45, 2.75) is 51.5 Å². The molecule has 0 unspecified atom stereocenters. The summed E-state index contributed by atoms with van der Waals surface area (Å²) in [7, 11) is 0. The minimum atomic E-state index is -0.534. The van der Waals surface area contributed by atoms with Crippen molar-refractivity contribution in [1.29, 1.82) is 0 Å². The molecule has 132 valence electrons. The molecule has 0 aromatic heterocycles. The summed E-state index contributed by atoms with van der Waals surface area (Å²) in [4.78, 5) is 26.2. The van der Waals surface area contributed by atoms with E-state index in [1.165, 1.54) is 23.3 Å². The van der Waals surface area contributed by atoms with Gasteiger partial charge >= 0.3 is 6.09 Å². The van der Waals surface area contributed by atoms with Crippen LogP contribution in [0.15, 0.2) is 53.6 Å². The fourth-order valence-electron chi connectivity index (χ4n) is 3.45. The van der Waals surface area contributed by atoms with Gasteiger partial charge in [0.05, 0.1) is 6.04 Å². The van der Waals surface area contributed by atoms with E-state index in [1.54, 1.807) is 6.92 Å². The molecule has 3 rings (SSSR count). The molecule has 0 bridgehead atoms. The Hall–Kier alpha value is -2.36. The highest BCUT2D eigenvalue weighted by molar-refractivity contribution is 6.03. The van der Waals surface area contributed by atoms with Crippen LogP contribution in [0.4, 0.5) is 4.79 Å². The SMILES string of the molecule is C/C(=C\C1=CCCCCC1)C(=O)N1C(=O)OC[C@@H]1Cc1ccccc1. The number of nitrogens with zero attached hydrogens (tertiary/aromatic N) is 1. The van der Waals surface area contributed by atoms with Gasteiger partial charge in [0.2, 0.25) is 0 Å². The fourth-order valence-corrected chi connectivity index (χ4v) is 3.45. The summed E-state index contributed by atoms with van der Waals surface area (Å²) in [6.45, 7) is 2.05. The van der Waals surface area contributed by atoms with Crippen LogP contribution in [0.5, 0.6) is 0 Å². The van der Waals surface area contributed by atoms with Crippen molar-refractivity contribution in [1.82, 2.24) is 4.90 Å². The lowest BCUT2D eigenvalue weighted by Gasteiger charge is -2.20. The van der Waals surface area contributed by atoms with E-state index in [2.05, 4.69) is 6.08 Å². The minimum absolute atomic E-state index is 0.242. The number of ether oxygens (including phenoxy) is 1. The van der Waals surface area contributed by atoms with Crippen LogP contribution >= 0.6 is 0 Å². The van der Waals surface area contributed by atoms with E-state index in [1.807, 2.05) is 36.4 Å². The van der Waals surface area contributed by atoms with Gasteiger partial charge in [-0.3, -0.25) is 4.79 Å². The highest BCUT2D eigenvalue weighted by atomic mass is 16.6. The average Bonchev–Trinajstić information content (AvgIpc) is 2.82. The van der Waals surface area contributed by atoms with Gasteiger partial charge in [0, 0.05) is 5.57 Å². The third-order valence-electron chi connectivity index (χ3n) is 4.81. The lowest BCUT2D eigenvalue weighted by atomic mass is 10.0.